The lowest BCUT2D eigenvalue weighted by molar-refractivity contribution is 0.424. The van der Waals surface area contributed by atoms with Gasteiger partial charge >= 0.3 is 0 Å². The summed E-state index contributed by atoms with van der Waals surface area (Å²) in [5.41, 5.74) is 0. The van der Waals surface area contributed by atoms with E-state index in [0.717, 1.165) is 31.9 Å². The van der Waals surface area contributed by atoms with Crippen molar-refractivity contribution in [2.75, 3.05) is 30.9 Å². The van der Waals surface area contributed by atoms with Gasteiger partial charge in [0.15, 0.2) is 0 Å². The average Bonchev–Trinajstić information content (AvgIpc) is 2.42. The SMILES string of the molecule is CS(=O)(=O)CCS(=O)(=O)N1CCCCCC1. The molecule has 0 aromatic rings. The highest BCUT2D eigenvalue weighted by molar-refractivity contribution is 7.93. The second-order valence-corrected chi connectivity index (χ2v) is 8.61. The Hall–Kier alpha value is -0.140. The van der Waals surface area contributed by atoms with Crippen LogP contribution in [-0.4, -0.2) is 52.0 Å². The lowest BCUT2D eigenvalue weighted by Gasteiger charge is -2.19. The van der Waals surface area contributed by atoms with Crippen LogP contribution in [0.25, 0.3) is 0 Å². The highest BCUT2D eigenvalue weighted by Gasteiger charge is 2.24. The van der Waals surface area contributed by atoms with E-state index in [9.17, 15) is 16.8 Å². The first kappa shape index (κ1) is 13.9. The van der Waals surface area contributed by atoms with Crippen LogP contribution in [0.2, 0.25) is 0 Å². The fourth-order valence-electron chi connectivity index (χ4n) is 1.71. The molecule has 1 saturated heterocycles. The molecule has 0 aromatic carbocycles. The quantitative estimate of drug-likeness (QED) is 0.733. The zero-order valence-corrected chi connectivity index (χ0v) is 11.2. The van der Waals surface area contributed by atoms with E-state index in [0.29, 0.717) is 13.1 Å². The highest BCUT2D eigenvalue weighted by atomic mass is 32.2. The number of nitrogens with zero attached hydrogens (tertiary/aromatic N) is 1. The van der Waals surface area contributed by atoms with Gasteiger partial charge in [0, 0.05) is 19.3 Å². The second kappa shape index (κ2) is 5.46. The molecule has 96 valence electrons. The minimum Gasteiger partial charge on any atom is -0.229 e. The van der Waals surface area contributed by atoms with Gasteiger partial charge in [-0.25, -0.2) is 21.1 Å². The van der Waals surface area contributed by atoms with Crippen LogP contribution in [0.3, 0.4) is 0 Å². The Morgan fingerprint density at radius 2 is 1.38 bits per heavy atom. The topological polar surface area (TPSA) is 71.5 Å². The number of sulfonamides is 1. The molecule has 16 heavy (non-hydrogen) atoms. The third-order valence-electron chi connectivity index (χ3n) is 2.67. The van der Waals surface area contributed by atoms with Crippen LogP contribution in [0, 0.1) is 0 Å². The highest BCUT2D eigenvalue weighted by Crippen LogP contribution is 2.13. The van der Waals surface area contributed by atoms with Crippen LogP contribution < -0.4 is 0 Å². The lowest BCUT2D eigenvalue weighted by atomic mass is 10.2. The van der Waals surface area contributed by atoms with Crippen molar-refractivity contribution in [2.24, 2.45) is 0 Å². The summed E-state index contributed by atoms with van der Waals surface area (Å²) in [4.78, 5) is 0. The van der Waals surface area contributed by atoms with Gasteiger partial charge in [0.05, 0.1) is 11.5 Å². The third-order valence-corrected chi connectivity index (χ3v) is 5.75. The molecule has 1 heterocycles. The van der Waals surface area contributed by atoms with Gasteiger partial charge < -0.3 is 0 Å². The molecule has 0 aliphatic carbocycles. The summed E-state index contributed by atoms with van der Waals surface area (Å²) in [6.45, 7) is 1.07. The standard InChI is InChI=1S/C9H19NO4S2/c1-15(11,12)8-9-16(13,14)10-6-4-2-3-5-7-10/h2-9H2,1H3. The summed E-state index contributed by atoms with van der Waals surface area (Å²) in [7, 11) is -6.60. The van der Waals surface area contributed by atoms with E-state index in [2.05, 4.69) is 0 Å². The van der Waals surface area contributed by atoms with Crippen molar-refractivity contribution < 1.29 is 16.8 Å². The molecule has 0 unspecified atom stereocenters. The van der Waals surface area contributed by atoms with Gasteiger partial charge in [0.25, 0.3) is 0 Å². The van der Waals surface area contributed by atoms with Crippen LogP contribution in [0.5, 0.6) is 0 Å². The Bertz CT molecular complexity index is 405. The molecule has 1 aliphatic rings. The summed E-state index contributed by atoms with van der Waals surface area (Å²) in [6, 6.07) is 0. The van der Waals surface area contributed by atoms with Gasteiger partial charge in [0.1, 0.15) is 9.84 Å². The van der Waals surface area contributed by atoms with E-state index in [4.69, 9.17) is 0 Å². The van der Waals surface area contributed by atoms with E-state index in [1.54, 1.807) is 0 Å². The first-order chi connectivity index (χ1) is 7.31. The Labute approximate surface area is 97.8 Å². The van der Waals surface area contributed by atoms with Crippen LogP contribution in [0.4, 0.5) is 0 Å². The van der Waals surface area contributed by atoms with Crippen LogP contribution >= 0.6 is 0 Å². The molecule has 0 aromatic heterocycles. The molecule has 7 heteroatoms. The fraction of sp³-hybridized carbons (Fsp3) is 1.00. The lowest BCUT2D eigenvalue weighted by Crippen LogP contribution is -2.35. The van der Waals surface area contributed by atoms with Crippen molar-refractivity contribution in [1.29, 1.82) is 0 Å². The van der Waals surface area contributed by atoms with Crippen molar-refractivity contribution in [3.05, 3.63) is 0 Å². The molecule has 0 spiro atoms. The smallest absolute Gasteiger partial charge is 0.215 e. The van der Waals surface area contributed by atoms with Gasteiger partial charge in [-0.1, -0.05) is 12.8 Å². The van der Waals surface area contributed by atoms with Gasteiger partial charge in [-0.2, -0.15) is 0 Å². The monoisotopic (exact) mass is 269 g/mol. The minimum atomic E-state index is -3.39. The molecular formula is C9H19NO4S2. The molecule has 0 saturated carbocycles. The average molecular weight is 269 g/mol. The molecular weight excluding hydrogens is 250 g/mol. The predicted octanol–water partition coefficient (Wildman–Crippen LogP) is 0.237. The molecule has 5 nitrogen and oxygen atoms in total. The van der Waals surface area contributed by atoms with E-state index < -0.39 is 19.9 Å². The van der Waals surface area contributed by atoms with Crippen molar-refractivity contribution in [2.45, 2.75) is 25.7 Å². The molecule has 1 aliphatic heterocycles. The van der Waals surface area contributed by atoms with Crippen LogP contribution in [-0.2, 0) is 19.9 Å². The number of sulfone groups is 1. The summed E-state index contributed by atoms with van der Waals surface area (Å²) in [6.07, 6.45) is 4.91. The number of hydrogen-bond donors (Lipinski definition) is 0. The van der Waals surface area contributed by atoms with Crippen LogP contribution in [0.15, 0.2) is 0 Å². The molecule has 0 amide bonds. The van der Waals surface area contributed by atoms with E-state index in [1.165, 1.54) is 4.31 Å². The Kier molecular flexibility index (Phi) is 4.75. The Morgan fingerprint density at radius 1 is 0.875 bits per heavy atom. The van der Waals surface area contributed by atoms with E-state index in [-0.39, 0.29) is 11.5 Å². The second-order valence-electron chi connectivity index (χ2n) is 4.26. The largest absolute Gasteiger partial charge is 0.229 e. The number of hydrogen-bond acceptors (Lipinski definition) is 4. The van der Waals surface area contributed by atoms with Crippen molar-refractivity contribution in [1.82, 2.24) is 4.31 Å². The Morgan fingerprint density at radius 3 is 1.81 bits per heavy atom. The zero-order chi connectivity index (χ0) is 12.2. The summed E-state index contributed by atoms with van der Waals surface area (Å²) < 4.78 is 47.0. The maximum Gasteiger partial charge on any atom is 0.215 e. The van der Waals surface area contributed by atoms with E-state index in [1.807, 2.05) is 0 Å². The fourth-order valence-corrected chi connectivity index (χ4v) is 4.83. The summed E-state index contributed by atoms with van der Waals surface area (Å²) in [5.74, 6) is -0.572. The van der Waals surface area contributed by atoms with Gasteiger partial charge in [-0.15, -0.1) is 0 Å². The van der Waals surface area contributed by atoms with Gasteiger partial charge in [-0.3, -0.25) is 0 Å². The molecule has 0 atom stereocenters. The predicted molar refractivity (Wildman–Crippen MR) is 63.5 cm³/mol. The van der Waals surface area contributed by atoms with E-state index >= 15 is 0 Å². The number of rotatable bonds is 4. The first-order valence-electron chi connectivity index (χ1n) is 5.47. The summed E-state index contributed by atoms with van der Waals surface area (Å²) in [5, 5.41) is 0. The molecule has 1 rings (SSSR count). The minimum absolute atomic E-state index is 0.286. The van der Waals surface area contributed by atoms with Gasteiger partial charge in [0.2, 0.25) is 10.0 Å². The third kappa shape index (κ3) is 4.80. The maximum absolute atomic E-state index is 11.8. The first-order valence-corrected chi connectivity index (χ1v) is 9.14. The maximum atomic E-state index is 11.8. The molecule has 0 bridgehead atoms. The summed E-state index contributed by atoms with van der Waals surface area (Å²) >= 11 is 0. The molecule has 0 radical (unpaired) electrons. The van der Waals surface area contributed by atoms with Crippen LogP contribution in [0.1, 0.15) is 25.7 Å². The normalized spacial score (nSPS) is 20.6. The van der Waals surface area contributed by atoms with Gasteiger partial charge in [-0.05, 0) is 12.8 Å². The molecule has 1 fully saturated rings. The molecule has 0 N–H and O–H groups in total. The Balaban J connectivity index is 2.61. The van der Waals surface area contributed by atoms with Crippen molar-refractivity contribution in [3.8, 4) is 0 Å². The van der Waals surface area contributed by atoms with Crippen molar-refractivity contribution in [3.63, 3.8) is 0 Å². The van der Waals surface area contributed by atoms with Crippen molar-refractivity contribution >= 4 is 19.9 Å². The zero-order valence-electron chi connectivity index (χ0n) is 9.55.